The summed E-state index contributed by atoms with van der Waals surface area (Å²) in [5.74, 6) is 1.99. The van der Waals surface area contributed by atoms with Crippen molar-refractivity contribution in [3.8, 4) is 0 Å². The second-order valence-corrected chi connectivity index (χ2v) is 6.27. The number of hydrogen-bond donors (Lipinski definition) is 0. The van der Waals surface area contributed by atoms with E-state index in [-0.39, 0.29) is 5.54 Å². The summed E-state index contributed by atoms with van der Waals surface area (Å²) in [6.45, 7) is 7.12. The minimum absolute atomic E-state index is 0.0563. The minimum atomic E-state index is -0.0563. The second-order valence-electron chi connectivity index (χ2n) is 5.89. The zero-order chi connectivity index (χ0) is 13.9. The number of hydrogen-bond acceptors (Lipinski definition) is 2. The number of aliphatic imine (C=N–C) groups is 1. The fourth-order valence-corrected chi connectivity index (χ4v) is 2.49. The smallest absolute Gasteiger partial charge is 0.184 e. The van der Waals surface area contributed by atoms with E-state index in [1.807, 2.05) is 0 Å². The maximum absolute atomic E-state index is 5.75. The van der Waals surface area contributed by atoms with Crippen LogP contribution in [-0.2, 0) is 11.2 Å². The first-order valence-corrected chi connectivity index (χ1v) is 7.40. The number of aryl methyl sites for hydroxylation is 1. The van der Waals surface area contributed by atoms with Gasteiger partial charge in [0.25, 0.3) is 0 Å². The molecule has 1 heterocycles. The Morgan fingerprint density at radius 2 is 2.00 bits per heavy atom. The molecule has 0 N–H and O–H groups in total. The molecule has 0 spiro atoms. The van der Waals surface area contributed by atoms with Crippen molar-refractivity contribution in [3.05, 3.63) is 35.4 Å². The van der Waals surface area contributed by atoms with Crippen molar-refractivity contribution in [3.63, 3.8) is 0 Å². The van der Waals surface area contributed by atoms with E-state index in [2.05, 4.69) is 50.0 Å². The van der Waals surface area contributed by atoms with Gasteiger partial charge in [0.1, 0.15) is 6.61 Å². The van der Waals surface area contributed by atoms with Gasteiger partial charge in [0.05, 0.1) is 5.54 Å². The fourth-order valence-electron chi connectivity index (χ4n) is 2.27. The highest BCUT2D eigenvalue weighted by atomic mass is 35.5. The first-order chi connectivity index (χ1) is 9.00. The van der Waals surface area contributed by atoms with Crippen LogP contribution < -0.4 is 0 Å². The molecule has 1 aromatic carbocycles. The van der Waals surface area contributed by atoms with Crippen LogP contribution in [0.4, 0.5) is 0 Å². The number of ether oxygens (including phenoxy) is 1. The molecule has 0 bridgehead atoms. The molecule has 104 valence electrons. The van der Waals surface area contributed by atoms with Crippen molar-refractivity contribution in [2.45, 2.75) is 45.1 Å². The molecule has 1 unspecified atom stereocenters. The average Bonchev–Trinajstić information content (AvgIpc) is 2.70. The predicted molar refractivity (Wildman–Crippen MR) is 81.4 cm³/mol. The molecule has 0 fully saturated rings. The van der Waals surface area contributed by atoms with Crippen LogP contribution in [0.5, 0.6) is 0 Å². The highest BCUT2D eigenvalue weighted by molar-refractivity contribution is 6.17. The summed E-state index contributed by atoms with van der Waals surface area (Å²) in [5.41, 5.74) is 2.56. The Kier molecular flexibility index (Phi) is 4.51. The Balaban J connectivity index is 1.98. The van der Waals surface area contributed by atoms with Crippen molar-refractivity contribution in [2.75, 3.05) is 12.5 Å². The molecule has 1 aliphatic rings. The summed E-state index contributed by atoms with van der Waals surface area (Å²) in [7, 11) is 0. The van der Waals surface area contributed by atoms with Crippen molar-refractivity contribution >= 4 is 17.5 Å². The van der Waals surface area contributed by atoms with E-state index in [0.29, 0.717) is 18.4 Å². The first kappa shape index (κ1) is 14.4. The normalized spacial score (nSPS) is 18.8. The predicted octanol–water partition coefficient (Wildman–Crippen LogP) is 4.17. The van der Waals surface area contributed by atoms with Gasteiger partial charge >= 0.3 is 0 Å². The Morgan fingerprint density at radius 3 is 2.53 bits per heavy atom. The van der Waals surface area contributed by atoms with Crippen LogP contribution in [-0.4, -0.2) is 23.9 Å². The van der Waals surface area contributed by atoms with Gasteiger partial charge in [-0.05, 0) is 37.3 Å². The number of benzene rings is 1. The van der Waals surface area contributed by atoms with Gasteiger partial charge in [-0.3, -0.25) is 0 Å². The second kappa shape index (κ2) is 5.96. The van der Waals surface area contributed by atoms with Crippen molar-refractivity contribution in [1.82, 2.24) is 0 Å². The van der Waals surface area contributed by atoms with Gasteiger partial charge in [-0.2, -0.15) is 0 Å². The third-order valence-corrected chi connectivity index (χ3v) is 3.62. The average molecular weight is 280 g/mol. The molecular weight excluding hydrogens is 258 g/mol. The Morgan fingerprint density at radius 1 is 1.32 bits per heavy atom. The van der Waals surface area contributed by atoms with E-state index < -0.39 is 0 Å². The molecule has 0 aromatic heterocycles. The van der Waals surface area contributed by atoms with Crippen LogP contribution in [0.3, 0.4) is 0 Å². The summed E-state index contributed by atoms with van der Waals surface area (Å²) in [5, 5.41) is 0. The fraction of sp³-hybridized carbons (Fsp3) is 0.562. The maximum atomic E-state index is 5.75. The van der Waals surface area contributed by atoms with Gasteiger partial charge in [-0.1, -0.05) is 31.2 Å². The van der Waals surface area contributed by atoms with Crippen LogP contribution in [0.1, 0.15) is 44.2 Å². The lowest BCUT2D eigenvalue weighted by molar-refractivity contribution is 0.272. The summed E-state index contributed by atoms with van der Waals surface area (Å²) in [6, 6.07) is 8.70. The van der Waals surface area contributed by atoms with Crippen molar-refractivity contribution < 1.29 is 4.74 Å². The van der Waals surface area contributed by atoms with E-state index in [0.717, 1.165) is 18.7 Å². The Hall–Kier alpha value is -1.02. The molecule has 19 heavy (non-hydrogen) atoms. The molecule has 1 aromatic rings. The summed E-state index contributed by atoms with van der Waals surface area (Å²) in [4.78, 5) is 4.61. The highest BCUT2D eigenvalue weighted by Gasteiger charge is 2.27. The van der Waals surface area contributed by atoms with Crippen molar-refractivity contribution in [2.24, 2.45) is 4.99 Å². The molecule has 1 atom stereocenters. The third-order valence-electron chi connectivity index (χ3n) is 3.43. The van der Waals surface area contributed by atoms with E-state index in [1.165, 1.54) is 11.1 Å². The molecule has 0 saturated carbocycles. The lowest BCUT2D eigenvalue weighted by atomic mass is 9.96. The van der Waals surface area contributed by atoms with Crippen LogP contribution in [0.25, 0.3) is 0 Å². The van der Waals surface area contributed by atoms with Gasteiger partial charge in [0.2, 0.25) is 0 Å². The SMILES string of the molecule is CC(CC1=NC(C)(C)CO1)c1ccc(CCCl)cc1. The quantitative estimate of drug-likeness (QED) is 0.742. The number of nitrogens with zero attached hydrogens (tertiary/aromatic N) is 1. The van der Waals surface area contributed by atoms with Crippen LogP contribution >= 0.6 is 11.6 Å². The van der Waals surface area contributed by atoms with E-state index in [9.17, 15) is 0 Å². The Bertz CT molecular complexity index is 450. The molecule has 0 aliphatic carbocycles. The summed E-state index contributed by atoms with van der Waals surface area (Å²) in [6.07, 6.45) is 1.80. The monoisotopic (exact) mass is 279 g/mol. The summed E-state index contributed by atoms with van der Waals surface area (Å²) < 4.78 is 5.66. The van der Waals surface area contributed by atoms with Gasteiger partial charge in [0.15, 0.2) is 5.90 Å². The molecule has 2 rings (SSSR count). The van der Waals surface area contributed by atoms with Gasteiger partial charge < -0.3 is 4.74 Å². The largest absolute Gasteiger partial charge is 0.478 e. The van der Waals surface area contributed by atoms with Gasteiger partial charge in [0, 0.05) is 12.3 Å². The van der Waals surface area contributed by atoms with Gasteiger partial charge in [-0.15, -0.1) is 11.6 Å². The molecule has 0 radical (unpaired) electrons. The molecule has 0 saturated heterocycles. The number of halogens is 1. The van der Waals surface area contributed by atoms with Crippen LogP contribution in [0.2, 0.25) is 0 Å². The molecule has 3 heteroatoms. The molecule has 1 aliphatic heterocycles. The van der Waals surface area contributed by atoms with E-state index >= 15 is 0 Å². The first-order valence-electron chi connectivity index (χ1n) is 6.86. The van der Waals surface area contributed by atoms with Crippen LogP contribution in [0.15, 0.2) is 29.3 Å². The minimum Gasteiger partial charge on any atom is -0.478 e. The zero-order valence-electron chi connectivity index (χ0n) is 11.9. The van der Waals surface area contributed by atoms with E-state index in [1.54, 1.807) is 0 Å². The lowest BCUT2D eigenvalue weighted by Gasteiger charge is -2.12. The zero-order valence-corrected chi connectivity index (χ0v) is 12.7. The van der Waals surface area contributed by atoms with Crippen molar-refractivity contribution in [1.29, 1.82) is 0 Å². The molecule has 0 amide bonds. The number of rotatable bonds is 5. The molecular formula is C16H22ClNO. The van der Waals surface area contributed by atoms with Crippen LogP contribution in [0, 0.1) is 0 Å². The summed E-state index contributed by atoms with van der Waals surface area (Å²) >= 11 is 5.75. The molecule has 2 nitrogen and oxygen atoms in total. The maximum Gasteiger partial charge on any atom is 0.184 e. The standard InChI is InChI=1S/C16H22ClNO/c1-12(10-15-18-16(2,3)11-19-15)14-6-4-13(5-7-14)8-9-17/h4-7,12H,8-11H2,1-3H3. The topological polar surface area (TPSA) is 21.6 Å². The van der Waals surface area contributed by atoms with E-state index in [4.69, 9.17) is 16.3 Å². The van der Waals surface area contributed by atoms with Gasteiger partial charge in [-0.25, -0.2) is 4.99 Å². The third kappa shape index (κ3) is 3.97. The number of alkyl halides is 1. The Labute approximate surface area is 120 Å². The lowest BCUT2D eigenvalue weighted by Crippen LogP contribution is -2.17. The highest BCUT2D eigenvalue weighted by Crippen LogP contribution is 2.25.